The van der Waals surface area contributed by atoms with Crippen molar-refractivity contribution in [2.24, 2.45) is 7.05 Å². The lowest BCUT2D eigenvalue weighted by Crippen LogP contribution is -2.48. The van der Waals surface area contributed by atoms with Crippen LogP contribution >= 0.6 is 0 Å². The number of halogens is 1. The molecule has 0 bridgehead atoms. The Morgan fingerprint density at radius 1 is 1.12 bits per heavy atom. The average Bonchev–Trinajstić information content (AvgIpc) is 3.77. The van der Waals surface area contributed by atoms with Crippen LogP contribution < -0.4 is 15.8 Å². The SMILES string of the molecule is Cc1cccc(N2NC(CC(=O)Nc3cnn(C)c3)=CC2(c2cn[nH]c2)c2ccc(F)c(-c3cnn(CCO)c3)c2)n1. The summed E-state index contributed by atoms with van der Waals surface area (Å²) in [7, 11) is 1.78. The van der Waals surface area contributed by atoms with Crippen LogP contribution in [-0.4, -0.2) is 52.4 Å². The number of aromatic nitrogens is 7. The van der Waals surface area contributed by atoms with Gasteiger partial charge in [-0.3, -0.25) is 29.7 Å². The predicted octanol–water partition coefficient (Wildman–Crippen LogP) is 3.02. The molecule has 1 aliphatic heterocycles. The van der Waals surface area contributed by atoms with Gasteiger partial charge in [-0.15, -0.1) is 0 Å². The molecule has 12 nitrogen and oxygen atoms in total. The number of nitrogens with one attached hydrogen (secondary N) is 3. The van der Waals surface area contributed by atoms with Gasteiger partial charge in [-0.1, -0.05) is 12.1 Å². The number of benzene rings is 1. The Labute approximate surface area is 240 Å². The van der Waals surface area contributed by atoms with Crippen molar-refractivity contribution in [1.82, 2.24) is 40.2 Å². The largest absolute Gasteiger partial charge is 0.394 e. The third-order valence-corrected chi connectivity index (χ3v) is 7.05. The second-order valence-electron chi connectivity index (χ2n) is 10.0. The van der Waals surface area contributed by atoms with E-state index in [9.17, 15) is 9.90 Å². The van der Waals surface area contributed by atoms with Crippen molar-refractivity contribution in [3.63, 3.8) is 0 Å². The van der Waals surface area contributed by atoms with Gasteiger partial charge in [0, 0.05) is 53.7 Å². The molecule has 214 valence electrons. The van der Waals surface area contributed by atoms with Gasteiger partial charge in [0.2, 0.25) is 5.91 Å². The lowest BCUT2D eigenvalue weighted by Gasteiger charge is -2.38. The molecule has 1 amide bonds. The van der Waals surface area contributed by atoms with Gasteiger partial charge in [0.25, 0.3) is 0 Å². The molecule has 42 heavy (non-hydrogen) atoms. The maximum absolute atomic E-state index is 15.3. The van der Waals surface area contributed by atoms with E-state index in [2.05, 4.69) is 31.1 Å². The number of hydrogen-bond acceptors (Lipinski definition) is 8. The number of anilines is 2. The van der Waals surface area contributed by atoms with Crippen molar-refractivity contribution < 1.29 is 14.3 Å². The minimum Gasteiger partial charge on any atom is -0.394 e. The normalized spacial score (nSPS) is 16.4. The molecule has 4 aromatic heterocycles. The van der Waals surface area contributed by atoms with Crippen LogP contribution in [0.4, 0.5) is 15.9 Å². The lowest BCUT2D eigenvalue weighted by molar-refractivity contribution is -0.115. The molecule has 0 fully saturated rings. The molecule has 0 saturated heterocycles. The monoisotopic (exact) mass is 568 g/mol. The predicted molar refractivity (Wildman–Crippen MR) is 153 cm³/mol. The summed E-state index contributed by atoms with van der Waals surface area (Å²) in [5, 5.41) is 29.5. The van der Waals surface area contributed by atoms with Crippen LogP contribution in [0.15, 0.2) is 85.4 Å². The number of aliphatic hydroxyl groups is 1. The molecule has 6 rings (SSSR count). The highest BCUT2D eigenvalue weighted by molar-refractivity contribution is 5.92. The minimum atomic E-state index is -1.07. The van der Waals surface area contributed by atoms with Gasteiger partial charge in [-0.05, 0) is 42.8 Å². The Balaban J connectivity index is 1.47. The molecule has 1 unspecified atom stereocenters. The van der Waals surface area contributed by atoms with Crippen molar-refractivity contribution in [2.45, 2.75) is 25.4 Å². The first-order chi connectivity index (χ1) is 20.4. The second-order valence-corrected chi connectivity index (χ2v) is 10.0. The Hall–Kier alpha value is -5.30. The zero-order chi connectivity index (χ0) is 29.3. The summed E-state index contributed by atoms with van der Waals surface area (Å²) in [5.41, 5.74) is 6.69. The van der Waals surface area contributed by atoms with Gasteiger partial charge in [0.15, 0.2) is 0 Å². The first-order valence-electron chi connectivity index (χ1n) is 13.3. The van der Waals surface area contributed by atoms with Crippen molar-refractivity contribution in [1.29, 1.82) is 0 Å². The smallest absolute Gasteiger partial charge is 0.230 e. The number of carbonyl (C=O) groups is 1. The molecule has 0 saturated carbocycles. The standard InChI is InChI=1S/C29H29FN10O2/c1-19-4-3-5-27(35-19)40-29(22-14-31-32-15-22,12-23(37-40)11-28(42)36-24-16-33-38(2)18-24)21-6-7-26(30)25(10-21)20-13-34-39(17-20)8-9-41/h3-7,10,12-18,37,41H,8-9,11H2,1-2H3,(H,31,32)(H,36,42). The summed E-state index contributed by atoms with van der Waals surface area (Å²) in [6.07, 6.45) is 12.0. The highest BCUT2D eigenvalue weighted by atomic mass is 19.1. The van der Waals surface area contributed by atoms with Gasteiger partial charge in [0.1, 0.15) is 17.2 Å². The van der Waals surface area contributed by atoms with Gasteiger partial charge in [-0.2, -0.15) is 15.3 Å². The lowest BCUT2D eigenvalue weighted by atomic mass is 9.82. The van der Waals surface area contributed by atoms with Crippen molar-refractivity contribution in [3.05, 3.63) is 108 Å². The van der Waals surface area contributed by atoms with Gasteiger partial charge in [0.05, 0.1) is 43.9 Å². The van der Waals surface area contributed by atoms with E-state index < -0.39 is 11.4 Å². The Morgan fingerprint density at radius 3 is 2.74 bits per heavy atom. The van der Waals surface area contributed by atoms with Gasteiger partial charge in [-0.25, -0.2) is 9.37 Å². The van der Waals surface area contributed by atoms with Crippen molar-refractivity contribution >= 4 is 17.4 Å². The van der Waals surface area contributed by atoms with Crippen molar-refractivity contribution in [2.75, 3.05) is 16.9 Å². The number of H-pyrrole nitrogens is 1. The molecule has 1 aromatic carbocycles. The summed E-state index contributed by atoms with van der Waals surface area (Å²) in [5.74, 6) is -0.0642. The maximum atomic E-state index is 15.3. The summed E-state index contributed by atoms with van der Waals surface area (Å²) in [6, 6.07) is 10.6. The molecule has 0 radical (unpaired) electrons. The van der Waals surface area contributed by atoms with E-state index in [0.717, 1.165) is 11.3 Å². The fourth-order valence-electron chi connectivity index (χ4n) is 5.19. The molecular formula is C29H29FN10O2. The molecule has 1 atom stereocenters. The van der Waals surface area contributed by atoms with Crippen LogP contribution in [0.2, 0.25) is 0 Å². The third-order valence-electron chi connectivity index (χ3n) is 7.05. The van der Waals surface area contributed by atoms with E-state index >= 15 is 4.39 Å². The average molecular weight is 569 g/mol. The summed E-state index contributed by atoms with van der Waals surface area (Å²) < 4.78 is 18.5. The van der Waals surface area contributed by atoms with Gasteiger partial charge >= 0.3 is 0 Å². The Bertz CT molecular complexity index is 1760. The van der Waals surface area contributed by atoms with Crippen LogP contribution in [0.3, 0.4) is 0 Å². The van der Waals surface area contributed by atoms with Crippen LogP contribution in [0, 0.1) is 12.7 Å². The number of pyridine rings is 1. The number of amides is 1. The third kappa shape index (κ3) is 5.01. The number of hydrogen-bond donors (Lipinski definition) is 4. The van der Waals surface area contributed by atoms with E-state index in [1.807, 2.05) is 36.2 Å². The van der Waals surface area contributed by atoms with Crippen LogP contribution in [0.25, 0.3) is 11.1 Å². The quantitative estimate of drug-likeness (QED) is 0.213. The molecule has 5 aromatic rings. The Morgan fingerprint density at radius 2 is 2.00 bits per heavy atom. The fourth-order valence-corrected chi connectivity index (χ4v) is 5.19. The molecule has 1 aliphatic rings. The first-order valence-corrected chi connectivity index (χ1v) is 13.3. The zero-order valence-electron chi connectivity index (χ0n) is 23.0. The summed E-state index contributed by atoms with van der Waals surface area (Å²) in [6.45, 7) is 2.11. The Kier molecular flexibility index (Phi) is 7.00. The fraction of sp³-hybridized carbons (Fsp3) is 0.207. The zero-order valence-corrected chi connectivity index (χ0v) is 23.0. The number of nitrogens with zero attached hydrogens (tertiary/aromatic N) is 7. The van der Waals surface area contributed by atoms with Crippen LogP contribution in [0.1, 0.15) is 23.2 Å². The highest BCUT2D eigenvalue weighted by Gasteiger charge is 2.46. The maximum Gasteiger partial charge on any atom is 0.230 e. The minimum absolute atomic E-state index is 0.0266. The van der Waals surface area contributed by atoms with Crippen LogP contribution in [0.5, 0.6) is 0 Å². The first kappa shape index (κ1) is 26.9. The van der Waals surface area contributed by atoms with Gasteiger partial charge < -0.3 is 10.4 Å². The van der Waals surface area contributed by atoms with E-state index in [0.29, 0.717) is 40.4 Å². The molecular weight excluding hydrogens is 539 g/mol. The molecule has 13 heteroatoms. The van der Waals surface area contributed by atoms with E-state index in [-0.39, 0.29) is 18.9 Å². The van der Waals surface area contributed by atoms with Crippen LogP contribution in [-0.2, 0) is 23.9 Å². The number of aromatic amines is 1. The number of hydrazine groups is 1. The second kappa shape index (κ2) is 10.9. The van der Waals surface area contributed by atoms with E-state index in [1.54, 1.807) is 65.7 Å². The number of aryl methyl sites for hydroxylation is 2. The topological polar surface area (TPSA) is 142 Å². The number of carbonyl (C=O) groups excluding carboxylic acids is 1. The highest BCUT2D eigenvalue weighted by Crippen LogP contribution is 2.44. The molecule has 0 aliphatic carbocycles. The van der Waals surface area contributed by atoms with E-state index in [4.69, 9.17) is 4.98 Å². The summed E-state index contributed by atoms with van der Waals surface area (Å²) in [4.78, 5) is 17.9. The number of aliphatic hydroxyl groups excluding tert-OH is 1. The number of rotatable bonds is 9. The summed E-state index contributed by atoms with van der Waals surface area (Å²) >= 11 is 0. The van der Waals surface area contributed by atoms with E-state index in [1.165, 1.54) is 6.07 Å². The molecule has 4 N–H and O–H groups in total. The molecule has 0 spiro atoms. The molecule has 5 heterocycles. The van der Waals surface area contributed by atoms with Crippen molar-refractivity contribution in [3.8, 4) is 11.1 Å².